The number of nitrogens with one attached hydrogen (secondary N) is 1. The molecule has 6 heteroatoms. The first kappa shape index (κ1) is 16.4. The second-order valence-corrected chi connectivity index (χ2v) is 5.80. The monoisotopic (exact) mass is 296 g/mol. The Morgan fingerprint density at radius 1 is 1.20 bits per heavy atom. The topological polar surface area (TPSA) is 66.5 Å². The van der Waals surface area contributed by atoms with E-state index in [0.717, 1.165) is 11.0 Å². The lowest BCUT2D eigenvalue weighted by atomic mass is 10.2. The lowest BCUT2D eigenvalue weighted by Gasteiger charge is -2.18. The second kappa shape index (κ2) is 7.81. The minimum atomic E-state index is -3.60. The van der Waals surface area contributed by atoms with Crippen LogP contribution in [0.25, 0.3) is 6.08 Å². The second-order valence-electron chi connectivity index (χ2n) is 4.15. The Hall–Kier alpha value is -1.66. The zero-order valence-electron chi connectivity index (χ0n) is 11.7. The molecule has 0 bridgehead atoms. The van der Waals surface area contributed by atoms with Crippen LogP contribution in [0.1, 0.15) is 19.4 Å². The van der Waals surface area contributed by atoms with Crippen LogP contribution in [0.2, 0.25) is 0 Å². The van der Waals surface area contributed by atoms with Gasteiger partial charge in [0.25, 0.3) is 0 Å². The normalized spacial score (nSPS) is 11.7. The van der Waals surface area contributed by atoms with Crippen LogP contribution in [0.4, 0.5) is 0 Å². The molecule has 0 fully saturated rings. The average molecular weight is 296 g/mol. The third-order valence-corrected chi connectivity index (χ3v) is 3.82. The van der Waals surface area contributed by atoms with Gasteiger partial charge < -0.3 is 4.90 Å². The van der Waals surface area contributed by atoms with Crippen molar-refractivity contribution in [3.8, 4) is 0 Å². The molecule has 0 aliphatic rings. The van der Waals surface area contributed by atoms with Gasteiger partial charge in [-0.1, -0.05) is 30.3 Å². The molecule has 0 saturated heterocycles. The highest BCUT2D eigenvalue weighted by molar-refractivity contribution is 7.92. The van der Waals surface area contributed by atoms with Gasteiger partial charge in [0.2, 0.25) is 15.9 Å². The summed E-state index contributed by atoms with van der Waals surface area (Å²) in [6.07, 6.45) is 1.49. The summed E-state index contributed by atoms with van der Waals surface area (Å²) in [5, 5.41) is 1.07. The summed E-state index contributed by atoms with van der Waals surface area (Å²) in [6, 6.07) is 9.10. The summed E-state index contributed by atoms with van der Waals surface area (Å²) in [5.41, 5.74) is 0.785. The zero-order valence-corrected chi connectivity index (χ0v) is 12.6. The third-order valence-electron chi connectivity index (χ3n) is 2.78. The fourth-order valence-corrected chi connectivity index (χ4v) is 2.39. The van der Waals surface area contributed by atoms with E-state index >= 15 is 0 Å². The number of carbonyl (C=O) groups excluding carboxylic acids is 1. The van der Waals surface area contributed by atoms with Gasteiger partial charge in [-0.3, -0.25) is 4.79 Å². The maximum absolute atomic E-state index is 11.7. The van der Waals surface area contributed by atoms with E-state index in [4.69, 9.17) is 0 Å². The van der Waals surface area contributed by atoms with Crippen molar-refractivity contribution in [3.05, 3.63) is 41.3 Å². The molecular weight excluding hydrogens is 276 g/mol. The van der Waals surface area contributed by atoms with E-state index < -0.39 is 10.0 Å². The van der Waals surface area contributed by atoms with Gasteiger partial charge in [0.1, 0.15) is 0 Å². The third kappa shape index (κ3) is 5.54. The summed E-state index contributed by atoms with van der Waals surface area (Å²) in [6.45, 7) is 4.62. The summed E-state index contributed by atoms with van der Waals surface area (Å²) >= 11 is 0. The Bertz CT molecular complexity index is 549. The van der Waals surface area contributed by atoms with Gasteiger partial charge in [0, 0.05) is 18.5 Å². The average Bonchev–Trinajstić information content (AvgIpc) is 2.46. The standard InChI is InChI=1S/C14H20N2O3S/c1-3-16(4-2)14(17)12-15-20(18,19)11-10-13-8-6-5-7-9-13/h5-11,15H,3-4,12H2,1-2H3/b11-10+. The van der Waals surface area contributed by atoms with Gasteiger partial charge in [-0.15, -0.1) is 0 Å². The Labute approximate surface area is 120 Å². The Kier molecular flexibility index (Phi) is 6.41. The first-order valence-corrected chi connectivity index (χ1v) is 8.03. The zero-order chi connectivity index (χ0) is 15.0. The van der Waals surface area contributed by atoms with Crippen LogP contribution in [0.15, 0.2) is 35.7 Å². The number of sulfonamides is 1. The van der Waals surface area contributed by atoms with E-state index in [0.29, 0.717) is 13.1 Å². The van der Waals surface area contributed by atoms with Crippen molar-refractivity contribution in [2.24, 2.45) is 0 Å². The SMILES string of the molecule is CCN(CC)C(=O)CNS(=O)(=O)/C=C/c1ccccc1. The van der Waals surface area contributed by atoms with E-state index in [9.17, 15) is 13.2 Å². The number of carbonyl (C=O) groups is 1. The molecule has 1 rings (SSSR count). The van der Waals surface area contributed by atoms with Crippen molar-refractivity contribution < 1.29 is 13.2 Å². The molecule has 1 N–H and O–H groups in total. The minimum absolute atomic E-state index is 0.219. The molecule has 5 nitrogen and oxygen atoms in total. The molecule has 0 saturated carbocycles. The molecule has 0 aliphatic carbocycles. The Balaban J connectivity index is 2.58. The van der Waals surface area contributed by atoms with Crippen molar-refractivity contribution in [2.45, 2.75) is 13.8 Å². The predicted octanol–water partition coefficient (Wildman–Crippen LogP) is 1.45. The first-order valence-electron chi connectivity index (χ1n) is 6.49. The van der Waals surface area contributed by atoms with Crippen molar-refractivity contribution in [2.75, 3.05) is 19.6 Å². The fourth-order valence-electron chi connectivity index (χ4n) is 1.63. The lowest BCUT2D eigenvalue weighted by Crippen LogP contribution is -2.39. The molecule has 1 amide bonds. The minimum Gasteiger partial charge on any atom is -0.342 e. The van der Waals surface area contributed by atoms with Gasteiger partial charge >= 0.3 is 0 Å². The number of amides is 1. The van der Waals surface area contributed by atoms with Gasteiger partial charge in [0.15, 0.2) is 0 Å². The lowest BCUT2D eigenvalue weighted by molar-refractivity contribution is -0.129. The molecule has 20 heavy (non-hydrogen) atoms. The molecule has 0 aliphatic heterocycles. The van der Waals surface area contributed by atoms with E-state index in [1.807, 2.05) is 32.0 Å². The maximum atomic E-state index is 11.7. The molecule has 0 spiro atoms. The van der Waals surface area contributed by atoms with Gasteiger partial charge in [-0.05, 0) is 25.5 Å². The summed E-state index contributed by atoms with van der Waals surface area (Å²) in [4.78, 5) is 13.3. The Morgan fingerprint density at radius 2 is 1.80 bits per heavy atom. The fraction of sp³-hybridized carbons (Fsp3) is 0.357. The van der Waals surface area contributed by atoms with Gasteiger partial charge in [0.05, 0.1) is 6.54 Å². The van der Waals surface area contributed by atoms with E-state index in [1.165, 1.54) is 6.08 Å². The molecular formula is C14H20N2O3S. The highest BCUT2D eigenvalue weighted by Gasteiger charge is 2.12. The molecule has 0 unspecified atom stereocenters. The van der Waals surface area contributed by atoms with Crippen molar-refractivity contribution in [3.63, 3.8) is 0 Å². The van der Waals surface area contributed by atoms with Crippen LogP contribution < -0.4 is 4.72 Å². The van der Waals surface area contributed by atoms with Crippen LogP contribution in [0, 0.1) is 0 Å². The largest absolute Gasteiger partial charge is 0.342 e. The van der Waals surface area contributed by atoms with E-state index in [1.54, 1.807) is 17.0 Å². The highest BCUT2D eigenvalue weighted by Crippen LogP contribution is 2.02. The van der Waals surface area contributed by atoms with Crippen LogP contribution >= 0.6 is 0 Å². The van der Waals surface area contributed by atoms with Crippen molar-refractivity contribution in [1.82, 2.24) is 9.62 Å². The van der Waals surface area contributed by atoms with Crippen molar-refractivity contribution >= 4 is 22.0 Å². The molecule has 1 aromatic rings. The summed E-state index contributed by atoms with van der Waals surface area (Å²) < 4.78 is 25.8. The molecule has 0 atom stereocenters. The van der Waals surface area contributed by atoms with Gasteiger partial charge in [-0.2, -0.15) is 0 Å². The number of likely N-dealkylation sites (N-methyl/N-ethyl adjacent to an activating group) is 1. The quantitative estimate of drug-likeness (QED) is 0.828. The van der Waals surface area contributed by atoms with Crippen LogP contribution in [-0.2, 0) is 14.8 Å². The van der Waals surface area contributed by atoms with E-state index in [2.05, 4.69) is 4.72 Å². The number of benzene rings is 1. The summed E-state index contributed by atoms with van der Waals surface area (Å²) in [7, 11) is -3.60. The van der Waals surface area contributed by atoms with Crippen LogP contribution in [0.3, 0.4) is 0 Å². The molecule has 1 aromatic carbocycles. The first-order chi connectivity index (χ1) is 9.48. The summed E-state index contributed by atoms with van der Waals surface area (Å²) in [5.74, 6) is -0.230. The number of hydrogen-bond acceptors (Lipinski definition) is 3. The number of rotatable bonds is 7. The smallest absolute Gasteiger partial charge is 0.237 e. The highest BCUT2D eigenvalue weighted by atomic mass is 32.2. The van der Waals surface area contributed by atoms with E-state index in [-0.39, 0.29) is 12.5 Å². The molecule has 0 radical (unpaired) electrons. The Morgan fingerprint density at radius 3 is 2.35 bits per heavy atom. The van der Waals surface area contributed by atoms with Crippen LogP contribution in [-0.4, -0.2) is 38.9 Å². The molecule has 110 valence electrons. The molecule has 0 aromatic heterocycles. The van der Waals surface area contributed by atoms with Crippen molar-refractivity contribution in [1.29, 1.82) is 0 Å². The number of nitrogens with zero attached hydrogens (tertiary/aromatic N) is 1. The maximum Gasteiger partial charge on any atom is 0.237 e. The van der Waals surface area contributed by atoms with Gasteiger partial charge in [-0.25, -0.2) is 13.1 Å². The molecule has 0 heterocycles. The predicted molar refractivity (Wildman–Crippen MR) is 80.3 cm³/mol. The van der Waals surface area contributed by atoms with Crippen LogP contribution in [0.5, 0.6) is 0 Å². The number of hydrogen-bond donors (Lipinski definition) is 1.